The molecule has 23 heavy (non-hydrogen) atoms. The molecule has 3 heteroatoms. The minimum absolute atomic E-state index is 0.0209. The van der Waals surface area contributed by atoms with E-state index in [4.69, 9.17) is 4.74 Å². The van der Waals surface area contributed by atoms with Crippen molar-refractivity contribution in [3.05, 3.63) is 47.1 Å². The van der Waals surface area contributed by atoms with E-state index >= 15 is 0 Å². The number of ether oxygens (including phenoxy) is 1. The lowest BCUT2D eigenvalue weighted by Gasteiger charge is -2.17. The van der Waals surface area contributed by atoms with Crippen LogP contribution in [0.3, 0.4) is 0 Å². The number of hydrogen-bond acceptors (Lipinski definition) is 3. The van der Waals surface area contributed by atoms with E-state index in [1.807, 2.05) is 0 Å². The maximum absolute atomic E-state index is 11.9. The first-order valence-electron chi connectivity index (χ1n) is 8.51. The molecule has 2 rings (SSSR count). The Morgan fingerprint density at radius 1 is 1.17 bits per heavy atom. The van der Waals surface area contributed by atoms with Crippen molar-refractivity contribution in [2.75, 3.05) is 6.61 Å². The molecule has 2 aliphatic rings. The van der Waals surface area contributed by atoms with Crippen LogP contribution >= 0.6 is 0 Å². The third-order valence-corrected chi connectivity index (χ3v) is 4.79. The van der Waals surface area contributed by atoms with E-state index in [-0.39, 0.29) is 24.6 Å². The van der Waals surface area contributed by atoms with Gasteiger partial charge < -0.3 is 9.84 Å². The van der Waals surface area contributed by atoms with Gasteiger partial charge in [-0.15, -0.1) is 0 Å². The maximum Gasteiger partial charge on any atom is 0.334 e. The van der Waals surface area contributed by atoms with Crippen LogP contribution in [0.15, 0.2) is 47.1 Å². The van der Waals surface area contributed by atoms with Crippen molar-refractivity contribution >= 4 is 5.97 Å². The first kappa shape index (κ1) is 17.7. The van der Waals surface area contributed by atoms with E-state index in [2.05, 4.69) is 38.7 Å². The number of aliphatic hydroxyl groups is 1. The van der Waals surface area contributed by atoms with Crippen molar-refractivity contribution in [2.45, 2.75) is 58.5 Å². The molecule has 0 unspecified atom stereocenters. The Morgan fingerprint density at radius 2 is 1.87 bits per heavy atom. The monoisotopic (exact) mass is 316 g/mol. The average Bonchev–Trinajstić information content (AvgIpc) is 2.76. The van der Waals surface area contributed by atoms with Gasteiger partial charge in [-0.3, -0.25) is 0 Å². The van der Waals surface area contributed by atoms with E-state index in [9.17, 15) is 9.90 Å². The third kappa shape index (κ3) is 4.93. The Hall–Kier alpha value is -1.61. The zero-order valence-electron chi connectivity index (χ0n) is 14.3. The van der Waals surface area contributed by atoms with Gasteiger partial charge in [-0.25, -0.2) is 4.79 Å². The van der Waals surface area contributed by atoms with E-state index < -0.39 is 0 Å². The van der Waals surface area contributed by atoms with Gasteiger partial charge in [0, 0.05) is 17.9 Å². The topological polar surface area (TPSA) is 46.5 Å². The van der Waals surface area contributed by atoms with Gasteiger partial charge in [-0.1, -0.05) is 36.0 Å². The fourth-order valence-electron chi connectivity index (χ4n) is 3.24. The lowest BCUT2D eigenvalue weighted by Crippen LogP contribution is -2.17. The Balaban J connectivity index is 2.22. The van der Waals surface area contributed by atoms with Crippen molar-refractivity contribution in [2.24, 2.45) is 5.92 Å². The largest absolute Gasteiger partial charge is 0.458 e. The quantitative estimate of drug-likeness (QED) is 0.447. The number of carbonyl (C=O) groups is 1. The third-order valence-electron chi connectivity index (χ3n) is 4.79. The summed E-state index contributed by atoms with van der Waals surface area (Å²) in [6.45, 7) is 8.25. The highest BCUT2D eigenvalue weighted by Gasteiger charge is 2.37. The van der Waals surface area contributed by atoms with Gasteiger partial charge in [0.1, 0.15) is 6.10 Å². The van der Waals surface area contributed by atoms with Gasteiger partial charge in [0.05, 0.1) is 6.61 Å². The zero-order chi connectivity index (χ0) is 16.8. The number of hydrogen-bond donors (Lipinski definition) is 1. The van der Waals surface area contributed by atoms with Crippen LogP contribution in [0.1, 0.15) is 52.4 Å². The molecule has 0 spiro atoms. The molecule has 0 saturated carbocycles. The van der Waals surface area contributed by atoms with Gasteiger partial charge in [0.25, 0.3) is 0 Å². The van der Waals surface area contributed by atoms with Crippen molar-refractivity contribution in [1.82, 2.24) is 0 Å². The van der Waals surface area contributed by atoms with E-state index in [0.717, 1.165) is 37.7 Å². The molecule has 1 heterocycles. The molecule has 1 saturated heterocycles. The van der Waals surface area contributed by atoms with Crippen molar-refractivity contribution in [1.29, 1.82) is 0 Å². The molecule has 1 N–H and O–H groups in total. The summed E-state index contributed by atoms with van der Waals surface area (Å²) in [6, 6.07) is 0. The Kier molecular flexibility index (Phi) is 6.40. The number of aliphatic hydroxyl groups excluding tert-OH is 1. The minimum atomic E-state index is -0.270. The number of fused-ring (bicyclic) bond motifs is 1. The summed E-state index contributed by atoms with van der Waals surface area (Å²) in [5, 5.41) is 9.54. The molecule has 0 radical (unpaired) electrons. The highest BCUT2D eigenvalue weighted by Crippen LogP contribution is 2.34. The maximum atomic E-state index is 11.9. The molecule has 0 aromatic heterocycles. The second-order valence-electron chi connectivity index (χ2n) is 6.71. The predicted octanol–water partition coefficient (Wildman–Crippen LogP) is 4.25. The summed E-state index contributed by atoms with van der Waals surface area (Å²) in [5.41, 5.74) is 4.25. The first-order chi connectivity index (χ1) is 11.0. The minimum Gasteiger partial charge on any atom is -0.458 e. The number of carbonyl (C=O) groups excluding carboxylic acids is 1. The van der Waals surface area contributed by atoms with Crippen molar-refractivity contribution in [3.63, 3.8) is 0 Å². The molecule has 126 valence electrons. The second kappa shape index (κ2) is 8.30. The Morgan fingerprint density at radius 3 is 2.61 bits per heavy atom. The fraction of sp³-hybridized carbons (Fsp3) is 0.550. The summed E-state index contributed by atoms with van der Waals surface area (Å²) in [5.74, 6) is -0.249. The van der Waals surface area contributed by atoms with E-state index in [1.54, 1.807) is 0 Å². The Labute approximate surface area is 139 Å². The van der Waals surface area contributed by atoms with Crippen molar-refractivity contribution in [3.8, 4) is 0 Å². The number of esters is 1. The molecule has 2 atom stereocenters. The van der Waals surface area contributed by atoms with Gasteiger partial charge in [0.2, 0.25) is 0 Å². The first-order valence-corrected chi connectivity index (χ1v) is 8.51. The lowest BCUT2D eigenvalue weighted by molar-refractivity contribution is -0.139. The summed E-state index contributed by atoms with van der Waals surface area (Å²) in [6.07, 6.45) is 11.8. The zero-order valence-corrected chi connectivity index (χ0v) is 14.3. The molecule has 0 aromatic rings. The normalized spacial score (nSPS) is 34.1. The van der Waals surface area contributed by atoms with Crippen LogP contribution < -0.4 is 0 Å². The molecule has 0 bridgehead atoms. The summed E-state index contributed by atoms with van der Waals surface area (Å²) in [7, 11) is 0. The van der Waals surface area contributed by atoms with Crippen LogP contribution in [-0.4, -0.2) is 23.8 Å². The SMILES string of the molecule is C=C1C(=O)O[C@H]2C/C(C)=C\CC/C(C)=C\CC/C(CO)=C\C[C@H]12. The van der Waals surface area contributed by atoms with Crippen LogP contribution in [0.5, 0.6) is 0 Å². The van der Waals surface area contributed by atoms with Gasteiger partial charge in [-0.2, -0.15) is 0 Å². The van der Waals surface area contributed by atoms with Crippen LogP contribution in [0.4, 0.5) is 0 Å². The summed E-state index contributed by atoms with van der Waals surface area (Å²) >= 11 is 0. The fourth-order valence-corrected chi connectivity index (χ4v) is 3.24. The molecule has 1 aliphatic carbocycles. The molecule has 0 amide bonds. The van der Waals surface area contributed by atoms with Crippen molar-refractivity contribution < 1.29 is 14.6 Å². The van der Waals surface area contributed by atoms with Crippen LogP contribution in [0.25, 0.3) is 0 Å². The number of rotatable bonds is 1. The van der Waals surface area contributed by atoms with Crippen LogP contribution in [0, 0.1) is 5.92 Å². The summed E-state index contributed by atoms with van der Waals surface area (Å²) in [4.78, 5) is 11.9. The van der Waals surface area contributed by atoms with Crippen LogP contribution in [-0.2, 0) is 9.53 Å². The molecule has 1 fully saturated rings. The highest BCUT2D eigenvalue weighted by atomic mass is 16.6. The van der Waals surface area contributed by atoms with Gasteiger partial charge in [0.15, 0.2) is 0 Å². The molecule has 3 nitrogen and oxygen atoms in total. The van der Waals surface area contributed by atoms with E-state index in [0.29, 0.717) is 12.0 Å². The lowest BCUT2D eigenvalue weighted by atomic mass is 9.88. The molecule has 0 aromatic carbocycles. The number of allylic oxidation sites excluding steroid dienone is 4. The van der Waals surface area contributed by atoms with Gasteiger partial charge in [-0.05, 0) is 51.5 Å². The predicted molar refractivity (Wildman–Crippen MR) is 92.9 cm³/mol. The standard InChI is InChI=1S/C20H28O3/c1-14-6-4-8-15(2)12-19-18(16(3)20(22)23-19)11-10-17(13-21)9-5-7-14/h7-8,10,18-19,21H,3-6,9,11-13H2,1-2H3/b14-7-,15-8-,17-10+/t18-,19+/m1/s1. The highest BCUT2D eigenvalue weighted by molar-refractivity contribution is 5.90. The molecular weight excluding hydrogens is 288 g/mol. The molecular formula is C20H28O3. The van der Waals surface area contributed by atoms with Crippen LogP contribution in [0.2, 0.25) is 0 Å². The Bertz CT molecular complexity index is 551. The van der Waals surface area contributed by atoms with E-state index in [1.165, 1.54) is 11.1 Å². The second-order valence-corrected chi connectivity index (χ2v) is 6.71. The van der Waals surface area contributed by atoms with Gasteiger partial charge >= 0.3 is 5.97 Å². The summed E-state index contributed by atoms with van der Waals surface area (Å²) < 4.78 is 5.52. The smallest absolute Gasteiger partial charge is 0.334 e. The average molecular weight is 316 g/mol. The molecule has 1 aliphatic heterocycles.